The van der Waals surface area contributed by atoms with Crippen LogP contribution in [0.1, 0.15) is 52.8 Å². The Morgan fingerprint density at radius 2 is 1.89 bits per heavy atom. The molecule has 1 aromatic rings. The highest BCUT2D eigenvalue weighted by Gasteiger charge is 2.09. The number of aryl methyl sites for hydroxylation is 1. The van der Waals surface area contributed by atoms with Crippen LogP contribution in [-0.2, 0) is 6.42 Å². The summed E-state index contributed by atoms with van der Waals surface area (Å²) < 4.78 is 0. The van der Waals surface area contributed by atoms with Crippen molar-refractivity contribution in [3.8, 4) is 0 Å². The zero-order chi connectivity index (χ0) is 14.3. The smallest absolute Gasteiger partial charge is 0.145 e. The number of anilines is 2. The van der Waals surface area contributed by atoms with E-state index >= 15 is 0 Å². The van der Waals surface area contributed by atoms with E-state index in [0.29, 0.717) is 17.8 Å². The molecular weight excluding hydrogens is 238 g/mol. The summed E-state index contributed by atoms with van der Waals surface area (Å²) in [5.74, 6) is 8.51. The summed E-state index contributed by atoms with van der Waals surface area (Å²) in [6.07, 6.45) is 4.22. The minimum Gasteiger partial charge on any atom is -0.367 e. The Balaban J connectivity index is 2.73. The van der Waals surface area contributed by atoms with Crippen LogP contribution in [0.4, 0.5) is 11.6 Å². The fourth-order valence-corrected chi connectivity index (χ4v) is 2.06. The minimum absolute atomic E-state index is 0.393. The number of nitrogens with zero attached hydrogens (tertiary/aromatic N) is 2. The molecule has 0 bridgehead atoms. The summed E-state index contributed by atoms with van der Waals surface area (Å²) >= 11 is 0. The van der Waals surface area contributed by atoms with E-state index in [1.165, 1.54) is 6.42 Å². The third kappa shape index (κ3) is 5.42. The van der Waals surface area contributed by atoms with Crippen LogP contribution in [0, 0.1) is 5.92 Å². The zero-order valence-electron chi connectivity index (χ0n) is 12.5. The lowest BCUT2D eigenvalue weighted by Crippen LogP contribution is -2.20. The first kappa shape index (κ1) is 15.7. The normalized spacial score (nSPS) is 13.9. The molecule has 108 valence electrons. The molecule has 2 unspecified atom stereocenters. The second-order valence-corrected chi connectivity index (χ2v) is 5.24. The van der Waals surface area contributed by atoms with E-state index in [9.17, 15) is 0 Å². The zero-order valence-corrected chi connectivity index (χ0v) is 12.5. The van der Waals surface area contributed by atoms with Gasteiger partial charge in [-0.15, -0.1) is 0 Å². The molecule has 1 aromatic heterocycles. The average Bonchev–Trinajstić information content (AvgIpc) is 2.38. The van der Waals surface area contributed by atoms with Crippen molar-refractivity contribution >= 4 is 11.6 Å². The molecule has 0 saturated carbocycles. The summed E-state index contributed by atoms with van der Waals surface area (Å²) in [5.41, 5.74) is 2.60. The molecule has 0 spiro atoms. The Bertz CT molecular complexity index is 380. The molecule has 4 N–H and O–H groups in total. The molecule has 1 heterocycles. The number of nitrogen functional groups attached to an aromatic ring is 1. The fourth-order valence-electron chi connectivity index (χ4n) is 2.06. The molecule has 19 heavy (non-hydrogen) atoms. The fraction of sp³-hybridized carbons (Fsp3) is 0.714. The molecular formula is C14H27N5. The van der Waals surface area contributed by atoms with Gasteiger partial charge < -0.3 is 10.7 Å². The van der Waals surface area contributed by atoms with Crippen molar-refractivity contribution in [2.24, 2.45) is 11.8 Å². The SMILES string of the molecule is CCCc1nc(NN)cc(NC(C)CC(C)CC)n1. The van der Waals surface area contributed by atoms with Crippen molar-refractivity contribution in [1.82, 2.24) is 9.97 Å². The van der Waals surface area contributed by atoms with Crippen LogP contribution >= 0.6 is 0 Å². The molecule has 2 atom stereocenters. The van der Waals surface area contributed by atoms with E-state index in [1.807, 2.05) is 6.07 Å². The van der Waals surface area contributed by atoms with Gasteiger partial charge in [0.05, 0.1) is 0 Å². The van der Waals surface area contributed by atoms with Gasteiger partial charge in [-0.1, -0.05) is 27.2 Å². The van der Waals surface area contributed by atoms with E-state index in [1.54, 1.807) is 0 Å². The number of rotatable bonds is 8. The highest BCUT2D eigenvalue weighted by Crippen LogP contribution is 2.16. The molecule has 0 aliphatic rings. The summed E-state index contributed by atoms with van der Waals surface area (Å²) in [5, 5.41) is 3.43. The largest absolute Gasteiger partial charge is 0.367 e. The number of hydrogen-bond donors (Lipinski definition) is 3. The first-order valence-corrected chi connectivity index (χ1v) is 7.20. The van der Waals surface area contributed by atoms with E-state index < -0.39 is 0 Å². The second kappa shape index (κ2) is 7.94. The van der Waals surface area contributed by atoms with Crippen molar-refractivity contribution < 1.29 is 0 Å². The number of hydrazine groups is 1. The van der Waals surface area contributed by atoms with Gasteiger partial charge in [0.25, 0.3) is 0 Å². The second-order valence-electron chi connectivity index (χ2n) is 5.24. The highest BCUT2D eigenvalue weighted by molar-refractivity contribution is 5.47. The first-order valence-electron chi connectivity index (χ1n) is 7.20. The molecule has 0 amide bonds. The Morgan fingerprint density at radius 3 is 2.47 bits per heavy atom. The molecule has 0 aliphatic carbocycles. The summed E-state index contributed by atoms with van der Waals surface area (Å²) in [7, 11) is 0. The predicted octanol–water partition coefficient (Wildman–Crippen LogP) is 2.95. The highest BCUT2D eigenvalue weighted by atomic mass is 15.3. The van der Waals surface area contributed by atoms with Crippen molar-refractivity contribution in [2.75, 3.05) is 10.7 Å². The average molecular weight is 265 g/mol. The maximum absolute atomic E-state index is 5.45. The van der Waals surface area contributed by atoms with Gasteiger partial charge in [0.15, 0.2) is 0 Å². The number of nitrogens with one attached hydrogen (secondary N) is 2. The Kier molecular flexibility index (Phi) is 6.56. The number of hydrogen-bond acceptors (Lipinski definition) is 5. The topological polar surface area (TPSA) is 75.9 Å². The monoisotopic (exact) mass is 265 g/mol. The van der Waals surface area contributed by atoms with Crippen LogP contribution in [0.3, 0.4) is 0 Å². The van der Waals surface area contributed by atoms with Crippen molar-refractivity contribution in [3.05, 3.63) is 11.9 Å². The molecule has 1 rings (SSSR count). The molecule has 0 aromatic carbocycles. The van der Waals surface area contributed by atoms with Crippen LogP contribution in [0.2, 0.25) is 0 Å². The first-order chi connectivity index (χ1) is 9.08. The van der Waals surface area contributed by atoms with E-state index in [2.05, 4.69) is 48.4 Å². The van der Waals surface area contributed by atoms with Crippen LogP contribution in [0.25, 0.3) is 0 Å². The Morgan fingerprint density at radius 1 is 1.21 bits per heavy atom. The standard InChI is InChI=1S/C14H27N5/c1-5-7-12-17-13(9-14(18-12)19-15)16-11(4)8-10(3)6-2/h9-11H,5-8,15H2,1-4H3,(H2,16,17,18,19). The summed E-state index contributed by atoms with van der Waals surface area (Å²) in [6, 6.07) is 2.25. The number of nitrogens with two attached hydrogens (primary N) is 1. The van der Waals surface area contributed by atoms with E-state index in [4.69, 9.17) is 5.84 Å². The van der Waals surface area contributed by atoms with Gasteiger partial charge in [0.1, 0.15) is 17.5 Å². The van der Waals surface area contributed by atoms with Gasteiger partial charge in [-0.25, -0.2) is 15.8 Å². The van der Waals surface area contributed by atoms with Crippen molar-refractivity contribution in [3.63, 3.8) is 0 Å². The molecule has 5 nitrogen and oxygen atoms in total. The maximum atomic E-state index is 5.45. The quantitative estimate of drug-likeness (QED) is 0.497. The van der Waals surface area contributed by atoms with Crippen LogP contribution in [0.15, 0.2) is 6.07 Å². The lowest BCUT2D eigenvalue weighted by molar-refractivity contribution is 0.483. The third-order valence-electron chi connectivity index (χ3n) is 3.24. The van der Waals surface area contributed by atoms with Crippen molar-refractivity contribution in [2.45, 2.75) is 59.4 Å². The number of aromatic nitrogens is 2. The van der Waals surface area contributed by atoms with Gasteiger partial charge in [-0.05, 0) is 25.7 Å². The van der Waals surface area contributed by atoms with Gasteiger partial charge >= 0.3 is 0 Å². The summed E-state index contributed by atoms with van der Waals surface area (Å²) in [4.78, 5) is 8.87. The molecule has 0 saturated heterocycles. The lowest BCUT2D eigenvalue weighted by Gasteiger charge is -2.18. The lowest BCUT2D eigenvalue weighted by atomic mass is 10.0. The van der Waals surface area contributed by atoms with Gasteiger partial charge in [0, 0.05) is 18.5 Å². The van der Waals surface area contributed by atoms with Crippen molar-refractivity contribution in [1.29, 1.82) is 0 Å². The maximum Gasteiger partial charge on any atom is 0.145 e. The Hall–Kier alpha value is -1.36. The van der Waals surface area contributed by atoms with Crippen LogP contribution in [-0.4, -0.2) is 16.0 Å². The summed E-state index contributed by atoms with van der Waals surface area (Å²) in [6.45, 7) is 8.79. The van der Waals surface area contributed by atoms with Crippen LogP contribution in [0.5, 0.6) is 0 Å². The van der Waals surface area contributed by atoms with Gasteiger partial charge in [-0.2, -0.15) is 0 Å². The Labute approximate surface area is 116 Å². The molecule has 0 radical (unpaired) electrons. The minimum atomic E-state index is 0.393. The van der Waals surface area contributed by atoms with Gasteiger partial charge in [0.2, 0.25) is 0 Å². The third-order valence-corrected chi connectivity index (χ3v) is 3.24. The van der Waals surface area contributed by atoms with Gasteiger partial charge in [-0.3, -0.25) is 0 Å². The van der Waals surface area contributed by atoms with E-state index in [0.717, 1.165) is 30.9 Å². The van der Waals surface area contributed by atoms with E-state index in [-0.39, 0.29) is 0 Å². The predicted molar refractivity (Wildman–Crippen MR) is 81.0 cm³/mol. The molecule has 0 fully saturated rings. The molecule has 0 aliphatic heterocycles. The van der Waals surface area contributed by atoms with Crippen LogP contribution < -0.4 is 16.6 Å². The molecule has 5 heteroatoms.